The van der Waals surface area contributed by atoms with E-state index in [-0.39, 0.29) is 5.92 Å². The van der Waals surface area contributed by atoms with Crippen LogP contribution in [0.25, 0.3) is 0 Å². The summed E-state index contributed by atoms with van der Waals surface area (Å²) in [5.41, 5.74) is 2.20. The van der Waals surface area contributed by atoms with Crippen molar-refractivity contribution in [2.24, 2.45) is 11.8 Å². The molecule has 6 heteroatoms. The van der Waals surface area contributed by atoms with Gasteiger partial charge in [0.2, 0.25) is 5.91 Å². The Morgan fingerprint density at radius 3 is 2.64 bits per heavy atom. The van der Waals surface area contributed by atoms with Gasteiger partial charge in [0.25, 0.3) is 0 Å². The summed E-state index contributed by atoms with van der Waals surface area (Å²) in [6.45, 7) is 9.31. The van der Waals surface area contributed by atoms with Crippen LogP contribution in [0.2, 0.25) is 0 Å². The van der Waals surface area contributed by atoms with Gasteiger partial charge in [0.1, 0.15) is 5.76 Å². The maximum atomic E-state index is 13.1. The number of amides is 1. The molecule has 2 atom stereocenters. The van der Waals surface area contributed by atoms with Gasteiger partial charge >= 0.3 is 0 Å². The lowest BCUT2D eigenvalue weighted by molar-refractivity contribution is -0.142. The van der Waals surface area contributed by atoms with E-state index in [0.29, 0.717) is 17.9 Å². The highest BCUT2D eigenvalue weighted by Crippen LogP contribution is 2.31. The summed E-state index contributed by atoms with van der Waals surface area (Å²) < 4.78 is 10.8. The number of aromatic nitrogens is 1. The number of ether oxygens (including phenoxy) is 1. The van der Waals surface area contributed by atoms with Gasteiger partial charge in [0, 0.05) is 56.9 Å². The van der Waals surface area contributed by atoms with E-state index in [1.54, 1.807) is 0 Å². The normalized spacial score (nSPS) is 28.3. The zero-order valence-corrected chi connectivity index (χ0v) is 15.4. The number of aryl methyl sites for hydroxylation is 2. The van der Waals surface area contributed by atoms with Crippen LogP contribution in [0.15, 0.2) is 4.52 Å². The number of carbonyl (C=O) groups is 1. The zero-order valence-electron chi connectivity index (χ0n) is 15.4. The molecule has 0 aromatic carbocycles. The molecule has 0 radical (unpaired) electrons. The number of rotatable bonds is 3. The Kier molecular flexibility index (Phi) is 4.82. The van der Waals surface area contributed by atoms with Gasteiger partial charge < -0.3 is 14.2 Å². The van der Waals surface area contributed by atoms with Crippen molar-refractivity contribution in [3.63, 3.8) is 0 Å². The number of hydrogen-bond acceptors (Lipinski definition) is 5. The Balaban J connectivity index is 1.46. The summed E-state index contributed by atoms with van der Waals surface area (Å²) in [7, 11) is 0. The third-order valence-electron chi connectivity index (χ3n) is 6.21. The number of nitrogens with zero attached hydrogens (tertiary/aromatic N) is 3. The van der Waals surface area contributed by atoms with Crippen LogP contribution in [0, 0.1) is 25.7 Å². The van der Waals surface area contributed by atoms with Crippen LogP contribution in [0.3, 0.4) is 0 Å². The fourth-order valence-corrected chi connectivity index (χ4v) is 4.71. The molecule has 4 fully saturated rings. The van der Waals surface area contributed by atoms with Gasteiger partial charge in [-0.05, 0) is 45.4 Å². The largest absolute Gasteiger partial charge is 0.381 e. The van der Waals surface area contributed by atoms with Gasteiger partial charge in [0.15, 0.2) is 0 Å². The molecule has 5 rings (SSSR count). The Hall–Kier alpha value is -1.40. The molecule has 0 N–H and O–H groups in total. The van der Waals surface area contributed by atoms with Crippen molar-refractivity contribution in [1.29, 1.82) is 0 Å². The molecule has 0 saturated carbocycles. The van der Waals surface area contributed by atoms with Gasteiger partial charge in [-0.15, -0.1) is 0 Å². The van der Waals surface area contributed by atoms with Crippen molar-refractivity contribution in [3.8, 4) is 0 Å². The van der Waals surface area contributed by atoms with Crippen LogP contribution in [0.1, 0.15) is 42.7 Å². The van der Waals surface area contributed by atoms with Crippen molar-refractivity contribution in [3.05, 3.63) is 17.0 Å². The highest BCUT2D eigenvalue weighted by Gasteiger charge is 2.39. The van der Waals surface area contributed by atoms with Gasteiger partial charge in [-0.1, -0.05) is 5.16 Å². The summed E-state index contributed by atoms with van der Waals surface area (Å²) in [5.74, 6) is 2.05. The van der Waals surface area contributed by atoms with Crippen LogP contribution in [-0.2, 0) is 16.1 Å². The molecule has 5 heterocycles. The molecule has 0 aliphatic carbocycles. The fraction of sp³-hybridized carbons (Fsp3) is 0.789. The molecule has 1 aromatic heterocycles. The van der Waals surface area contributed by atoms with Crippen LogP contribution >= 0.6 is 0 Å². The molecule has 138 valence electrons. The third-order valence-corrected chi connectivity index (χ3v) is 6.21. The van der Waals surface area contributed by atoms with E-state index < -0.39 is 0 Å². The smallest absolute Gasteiger partial charge is 0.226 e. The van der Waals surface area contributed by atoms with Gasteiger partial charge in [-0.3, -0.25) is 9.69 Å². The average Bonchev–Trinajstić information content (AvgIpc) is 2.82. The van der Waals surface area contributed by atoms with Crippen molar-refractivity contribution >= 4 is 5.91 Å². The van der Waals surface area contributed by atoms with Crippen LogP contribution < -0.4 is 0 Å². The predicted molar refractivity (Wildman–Crippen MR) is 93.0 cm³/mol. The van der Waals surface area contributed by atoms with Crippen LogP contribution in [0.4, 0.5) is 0 Å². The first-order valence-electron chi connectivity index (χ1n) is 9.64. The first-order chi connectivity index (χ1) is 12.1. The standard InChI is InChI=1S/C19H29N3O3/c1-13-18(14(2)25-20-13)12-21-9-15-3-4-17(11-21)22(10-15)19(23)16-5-7-24-8-6-16/h15-17H,3-12H2,1-2H3. The first-order valence-corrected chi connectivity index (χ1v) is 9.64. The molecule has 2 bridgehead atoms. The highest BCUT2D eigenvalue weighted by atomic mass is 16.5. The van der Waals surface area contributed by atoms with Crippen molar-refractivity contribution in [2.75, 3.05) is 32.8 Å². The van der Waals surface area contributed by atoms with E-state index >= 15 is 0 Å². The van der Waals surface area contributed by atoms with Gasteiger partial charge in [0.05, 0.1) is 5.69 Å². The van der Waals surface area contributed by atoms with E-state index in [0.717, 1.165) is 70.1 Å². The van der Waals surface area contributed by atoms with Crippen molar-refractivity contribution in [1.82, 2.24) is 15.0 Å². The minimum atomic E-state index is 0.170. The lowest BCUT2D eigenvalue weighted by Crippen LogP contribution is -2.50. The second-order valence-corrected chi connectivity index (χ2v) is 7.97. The molecule has 0 spiro atoms. The molecule has 1 aromatic rings. The number of piperidine rings is 1. The van der Waals surface area contributed by atoms with Gasteiger partial charge in [-0.2, -0.15) is 0 Å². The molecule has 4 saturated heterocycles. The number of fused-ring (bicyclic) bond motifs is 4. The predicted octanol–water partition coefficient (Wildman–Crippen LogP) is 2.14. The second kappa shape index (κ2) is 7.08. The molecule has 1 amide bonds. The van der Waals surface area contributed by atoms with Crippen molar-refractivity contribution < 1.29 is 14.1 Å². The monoisotopic (exact) mass is 347 g/mol. The summed E-state index contributed by atoms with van der Waals surface area (Å²) in [5, 5.41) is 4.09. The minimum absolute atomic E-state index is 0.170. The molecular weight excluding hydrogens is 318 g/mol. The molecule has 6 nitrogen and oxygen atoms in total. The molecule has 4 aliphatic heterocycles. The fourth-order valence-electron chi connectivity index (χ4n) is 4.71. The third kappa shape index (κ3) is 3.47. The average molecular weight is 347 g/mol. The van der Waals surface area contributed by atoms with Crippen LogP contribution in [-0.4, -0.2) is 59.8 Å². The van der Waals surface area contributed by atoms with E-state index in [2.05, 4.69) is 15.0 Å². The Morgan fingerprint density at radius 1 is 1.12 bits per heavy atom. The van der Waals surface area contributed by atoms with E-state index in [9.17, 15) is 4.79 Å². The van der Waals surface area contributed by atoms with E-state index in [1.165, 1.54) is 12.0 Å². The van der Waals surface area contributed by atoms with Crippen LogP contribution in [0.5, 0.6) is 0 Å². The topological polar surface area (TPSA) is 58.8 Å². The maximum absolute atomic E-state index is 13.1. The molecule has 2 unspecified atom stereocenters. The Morgan fingerprint density at radius 2 is 1.92 bits per heavy atom. The zero-order chi connectivity index (χ0) is 17.4. The van der Waals surface area contributed by atoms with E-state index in [4.69, 9.17) is 9.26 Å². The molecular formula is C19H29N3O3. The van der Waals surface area contributed by atoms with E-state index in [1.807, 2.05) is 13.8 Å². The van der Waals surface area contributed by atoms with Gasteiger partial charge in [-0.25, -0.2) is 0 Å². The summed E-state index contributed by atoms with van der Waals surface area (Å²) in [6, 6.07) is 0.356. The first kappa shape index (κ1) is 17.0. The summed E-state index contributed by atoms with van der Waals surface area (Å²) >= 11 is 0. The molecule has 25 heavy (non-hydrogen) atoms. The Labute approximate surface area is 149 Å². The quantitative estimate of drug-likeness (QED) is 0.838. The Bertz CT molecular complexity index is 604. The molecule has 4 aliphatic rings. The summed E-state index contributed by atoms with van der Waals surface area (Å²) in [6.07, 6.45) is 4.14. The lowest BCUT2D eigenvalue weighted by Gasteiger charge is -2.39. The maximum Gasteiger partial charge on any atom is 0.226 e. The second-order valence-electron chi connectivity index (χ2n) is 7.97. The number of hydrogen-bond donors (Lipinski definition) is 0. The number of carbonyl (C=O) groups excluding carboxylic acids is 1. The highest BCUT2D eigenvalue weighted by molar-refractivity contribution is 5.79. The lowest BCUT2D eigenvalue weighted by atomic mass is 9.91. The SMILES string of the molecule is Cc1noc(C)c1CN1CC2CCC(C1)N(C(=O)C1CCOCC1)C2. The van der Waals surface area contributed by atoms with Crippen molar-refractivity contribution in [2.45, 2.75) is 52.1 Å². The summed E-state index contributed by atoms with van der Waals surface area (Å²) in [4.78, 5) is 17.8. The minimum Gasteiger partial charge on any atom is -0.381 e.